The molecular formula is C17H13ClF3N3. The van der Waals surface area contributed by atoms with Gasteiger partial charge in [-0.25, -0.2) is 0 Å². The Morgan fingerprint density at radius 1 is 1.00 bits per heavy atom. The number of aromatic nitrogens is 2. The molecule has 1 aromatic heterocycles. The van der Waals surface area contributed by atoms with Crippen LogP contribution >= 0.6 is 11.6 Å². The topological polar surface area (TPSA) is 40.7 Å². The fourth-order valence-corrected chi connectivity index (χ4v) is 2.41. The fraction of sp³-hybridized carbons (Fsp3) is 0.118. The van der Waals surface area contributed by atoms with Crippen LogP contribution in [0.3, 0.4) is 0 Å². The highest BCUT2D eigenvalue weighted by Gasteiger charge is 2.30. The molecule has 3 rings (SSSR count). The lowest BCUT2D eigenvalue weighted by Gasteiger charge is -2.09. The number of H-pyrrole nitrogens is 1. The first-order valence-electron chi connectivity index (χ1n) is 7.13. The predicted molar refractivity (Wildman–Crippen MR) is 87.8 cm³/mol. The summed E-state index contributed by atoms with van der Waals surface area (Å²) in [4.78, 5) is 0. The Hall–Kier alpha value is -2.47. The minimum absolute atomic E-state index is 0.481. The zero-order valence-corrected chi connectivity index (χ0v) is 13.1. The van der Waals surface area contributed by atoms with E-state index in [-0.39, 0.29) is 0 Å². The number of hydrogen-bond donors (Lipinski definition) is 2. The molecule has 0 aliphatic rings. The Morgan fingerprint density at radius 2 is 1.67 bits per heavy atom. The number of halogens is 4. The van der Waals surface area contributed by atoms with Crippen LogP contribution in [0.2, 0.25) is 5.02 Å². The third kappa shape index (κ3) is 3.71. The number of hydrogen-bond acceptors (Lipinski definition) is 2. The van der Waals surface area contributed by atoms with Crippen molar-refractivity contribution in [1.29, 1.82) is 0 Å². The van der Waals surface area contributed by atoms with Gasteiger partial charge in [-0.05, 0) is 36.4 Å². The summed E-state index contributed by atoms with van der Waals surface area (Å²) in [5, 5.41) is 10.8. The second-order valence-corrected chi connectivity index (χ2v) is 5.63. The molecule has 124 valence electrons. The molecule has 0 aliphatic carbocycles. The first-order chi connectivity index (χ1) is 11.4. The Morgan fingerprint density at radius 3 is 2.29 bits per heavy atom. The lowest BCUT2D eigenvalue weighted by atomic mass is 10.1. The van der Waals surface area contributed by atoms with Gasteiger partial charge < -0.3 is 5.32 Å². The number of rotatable bonds is 4. The Bertz CT molecular complexity index is 808. The first kappa shape index (κ1) is 16.4. The highest BCUT2D eigenvalue weighted by molar-refractivity contribution is 6.30. The lowest BCUT2D eigenvalue weighted by molar-refractivity contribution is -0.137. The van der Waals surface area contributed by atoms with Crippen LogP contribution in [0, 0.1) is 0 Å². The van der Waals surface area contributed by atoms with Gasteiger partial charge in [-0.1, -0.05) is 23.7 Å². The average Bonchev–Trinajstić information content (AvgIpc) is 3.02. The number of aromatic amines is 1. The number of nitrogens with zero attached hydrogens (tertiary/aromatic N) is 1. The molecule has 24 heavy (non-hydrogen) atoms. The minimum Gasteiger partial charge on any atom is -0.381 e. The van der Waals surface area contributed by atoms with Crippen molar-refractivity contribution >= 4 is 17.3 Å². The van der Waals surface area contributed by atoms with Gasteiger partial charge in [0, 0.05) is 34.6 Å². The van der Waals surface area contributed by atoms with E-state index >= 15 is 0 Å². The number of anilines is 1. The summed E-state index contributed by atoms with van der Waals surface area (Å²) in [6.45, 7) is 0.481. The standard InChI is InChI=1S/C17H13ClF3N3/c18-14-5-7-15(8-6-14)22-9-12-10-23-24-16(12)11-1-3-13(4-2-11)17(19,20)21/h1-8,10,22H,9H2,(H,23,24). The van der Waals surface area contributed by atoms with E-state index in [1.165, 1.54) is 12.1 Å². The monoisotopic (exact) mass is 351 g/mol. The van der Waals surface area contributed by atoms with Crippen LogP contribution in [0.25, 0.3) is 11.3 Å². The highest BCUT2D eigenvalue weighted by atomic mass is 35.5. The zero-order chi connectivity index (χ0) is 17.2. The molecule has 0 saturated carbocycles. The fourth-order valence-electron chi connectivity index (χ4n) is 2.28. The van der Waals surface area contributed by atoms with Crippen LogP contribution in [0.4, 0.5) is 18.9 Å². The van der Waals surface area contributed by atoms with Crippen LogP contribution in [-0.4, -0.2) is 10.2 Å². The summed E-state index contributed by atoms with van der Waals surface area (Å²) in [5.41, 5.74) is 2.30. The summed E-state index contributed by atoms with van der Waals surface area (Å²) >= 11 is 5.84. The van der Waals surface area contributed by atoms with E-state index in [0.717, 1.165) is 23.4 Å². The van der Waals surface area contributed by atoms with Crippen molar-refractivity contribution in [3.63, 3.8) is 0 Å². The van der Waals surface area contributed by atoms with Crippen molar-refractivity contribution < 1.29 is 13.2 Å². The maximum absolute atomic E-state index is 12.6. The van der Waals surface area contributed by atoms with E-state index in [4.69, 9.17) is 11.6 Å². The van der Waals surface area contributed by atoms with Gasteiger partial charge in [0.25, 0.3) is 0 Å². The molecule has 0 bridgehead atoms. The van der Waals surface area contributed by atoms with E-state index < -0.39 is 11.7 Å². The highest BCUT2D eigenvalue weighted by Crippen LogP contribution is 2.31. The molecule has 2 N–H and O–H groups in total. The number of nitrogens with one attached hydrogen (secondary N) is 2. The molecule has 0 aliphatic heterocycles. The van der Waals surface area contributed by atoms with Crippen molar-refractivity contribution in [2.75, 3.05) is 5.32 Å². The average molecular weight is 352 g/mol. The van der Waals surface area contributed by atoms with Gasteiger partial charge in [-0.15, -0.1) is 0 Å². The largest absolute Gasteiger partial charge is 0.416 e. The normalized spacial score (nSPS) is 11.5. The molecule has 0 atom stereocenters. The summed E-state index contributed by atoms with van der Waals surface area (Å²) in [6.07, 6.45) is -2.63. The van der Waals surface area contributed by atoms with Gasteiger partial charge in [0.2, 0.25) is 0 Å². The van der Waals surface area contributed by atoms with Gasteiger partial charge >= 0.3 is 6.18 Å². The molecule has 1 heterocycles. The van der Waals surface area contributed by atoms with E-state index in [0.29, 0.717) is 22.8 Å². The predicted octanol–water partition coefficient (Wildman–Crippen LogP) is 5.36. The summed E-state index contributed by atoms with van der Waals surface area (Å²) < 4.78 is 37.9. The zero-order valence-electron chi connectivity index (χ0n) is 12.4. The molecule has 3 aromatic rings. The molecule has 0 spiro atoms. The number of benzene rings is 2. The van der Waals surface area contributed by atoms with Gasteiger partial charge in [0.05, 0.1) is 11.3 Å². The molecule has 0 amide bonds. The van der Waals surface area contributed by atoms with Crippen molar-refractivity contribution in [3.05, 3.63) is 70.9 Å². The number of alkyl halides is 3. The third-order valence-electron chi connectivity index (χ3n) is 3.53. The van der Waals surface area contributed by atoms with Gasteiger partial charge in [0.1, 0.15) is 0 Å². The minimum atomic E-state index is -4.34. The third-order valence-corrected chi connectivity index (χ3v) is 3.78. The van der Waals surface area contributed by atoms with E-state index in [9.17, 15) is 13.2 Å². The first-order valence-corrected chi connectivity index (χ1v) is 7.51. The van der Waals surface area contributed by atoms with Gasteiger partial charge in [0.15, 0.2) is 0 Å². The van der Waals surface area contributed by atoms with E-state index in [1.807, 2.05) is 12.1 Å². The lowest BCUT2D eigenvalue weighted by Crippen LogP contribution is -2.04. The van der Waals surface area contributed by atoms with E-state index in [1.54, 1.807) is 18.3 Å². The van der Waals surface area contributed by atoms with Crippen molar-refractivity contribution in [3.8, 4) is 11.3 Å². The second-order valence-electron chi connectivity index (χ2n) is 5.19. The maximum atomic E-state index is 12.6. The van der Waals surface area contributed by atoms with Crippen molar-refractivity contribution in [1.82, 2.24) is 10.2 Å². The Labute approximate surface area is 141 Å². The van der Waals surface area contributed by atoms with Crippen LogP contribution in [-0.2, 0) is 12.7 Å². The Kier molecular flexibility index (Phi) is 4.49. The second kappa shape index (κ2) is 6.57. The molecule has 0 saturated heterocycles. The van der Waals surface area contributed by atoms with E-state index in [2.05, 4.69) is 15.5 Å². The molecule has 3 nitrogen and oxygen atoms in total. The molecule has 0 fully saturated rings. The summed E-state index contributed by atoms with van der Waals surface area (Å²) in [5.74, 6) is 0. The van der Waals surface area contributed by atoms with Crippen molar-refractivity contribution in [2.45, 2.75) is 12.7 Å². The molecule has 7 heteroatoms. The van der Waals surface area contributed by atoms with Gasteiger partial charge in [-0.3, -0.25) is 5.10 Å². The summed E-state index contributed by atoms with van der Waals surface area (Å²) in [7, 11) is 0. The molecular weight excluding hydrogens is 339 g/mol. The molecule has 0 radical (unpaired) electrons. The van der Waals surface area contributed by atoms with Crippen LogP contribution in [0.5, 0.6) is 0 Å². The molecule has 2 aromatic carbocycles. The quantitative estimate of drug-likeness (QED) is 0.664. The van der Waals surface area contributed by atoms with Crippen molar-refractivity contribution in [2.24, 2.45) is 0 Å². The van der Waals surface area contributed by atoms with Gasteiger partial charge in [-0.2, -0.15) is 18.3 Å². The molecule has 0 unspecified atom stereocenters. The van der Waals surface area contributed by atoms with Crippen LogP contribution in [0.1, 0.15) is 11.1 Å². The van der Waals surface area contributed by atoms with Crippen LogP contribution in [0.15, 0.2) is 54.7 Å². The maximum Gasteiger partial charge on any atom is 0.416 e. The Balaban J connectivity index is 1.76. The smallest absolute Gasteiger partial charge is 0.381 e. The summed E-state index contributed by atoms with van der Waals surface area (Å²) in [6, 6.07) is 12.2. The SMILES string of the molecule is FC(F)(F)c1ccc(-c2n[nH]cc2CNc2ccc(Cl)cc2)cc1. The van der Waals surface area contributed by atoms with Crippen LogP contribution < -0.4 is 5.32 Å².